The maximum Gasteiger partial charge on any atom is 0.416 e. The summed E-state index contributed by atoms with van der Waals surface area (Å²) in [5, 5.41) is 0. The van der Waals surface area contributed by atoms with Crippen molar-refractivity contribution in [1.82, 2.24) is 0 Å². The lowest BCUT2D eigenvalue weighted by molar-refractivity contribution is -0.137. The van der Waals surface area contributed by atoms with E-state index in [1.807, 2.05) is 0 Å². The number of allylic oxidation sites excluding steroid dienone is 2. The molecule has 3 heteroatoms. The SMILES string of the molecule is CCC[C@H]1CC[C@H](C=CC#C[C@H]2CC[C@H](c3ccc(C(F)(F)F)cc3)CC2)CC1. The molecule has 0 radical (unpaired) electrons. The molecule has 1 aromatic rings. The van der Waals surface area contributed by atoms with Gasteiger partial charge in [0.25, 0.3) is 0 Å². The zero-order valence-electron chi connectivity index (χ0n) is 17.5. The molecule has 0 amide bonds. The van der Waals surface area contributed by atoms with Gasteiger partial charge >= 0.3 is 6.18 Å². The van der Waals surface area contributed by atoms with Crippen LogP contribution in [0.25, 0.3) is 0 Å². The first-order chi connectivity index (χ1) is 14.0. The Balaban J connectivity index is 1.41. The van der Waals surface area contributed by atoms with Crippen molar-refractivity contribution in [3.05, 3.63) is 47.5 Å². The summed E-state index contributed by atoms with van der Waals surface area (Å²) in [5.74, 6) is 9.10. The number of alkyl halides is 3. The normalized spacial score (nSPS) is 28.1. The van der Waals surface area contributed by atoms with Gasteiger partial charge in [0.05, 0.1) is 5.56 Å². The van der Waals surface area contributed by atoms with Gasteiger partial charge in [-0.3, -0.25) is 0 Å². The van der Waals surface area contributed by atoms with Crippen LogP contribution in [0, 0.1) is 29.6 Å². The zero-order chi connectivity index (χ0) is 20.7. The summed E-state index contributed by atoms with van der Waals surface area (Å²) in [5.41, 5.74) is 0.467. The Kier molecular flexibility index (Phi) is 7.87. The maximum absolute atomic E-state index is 12.7. The van der Waals surface area contributed by atoms with Gasteiger partial charge in [-0.25, -0.2) is 0 Å². The van der Waals surface area contributed by atoms with Crippen molar-refractivity contribution < 1.29 is 13.2 Å². The predicted octanol–water partition coefficient (Wildman–Crippen LogP) is 8.15. The van der Waals surface area contributed by atoms with Gasteiger partial charge in [0.1, 0.15) is 0 Å². The summed E-state index contributed by atoms with van der Waals surface area (Å²) in [6, 6.07) is 5.72. The van der Waals surface area contributed by atoms with Gasteiger partial charge in [-0.15, -0.1) is 0 Å². The molecular formula is C26H33F3. The molecule has 0 bridgehead atoms. The van der Waals surface area contributed by atoms with E-state index in [0.29, 0.717) is 17.8 Å². The highest BCUT2D eigenvalue weighted by molar-refractivity contribution is 5.28. The second-order valence-electron chi connectivity index (χ2n) is 8.89. The van der Waals surface area contributed by atoms with E-state index in [1.54, 1.807) is 12.1 Å². The van der Waals surface area contributed by atoms with E-state index in [0.717, 1.165) is 37.2 Å². The Hall–Kier alpha value is -1.69. The van der Waals surface area contributed by atoms with Crippen LogP contribution in [0.15, 0.2) is 36.4 Å². The van der Waals surface area contributed by atoms with E-state index >= 15 is 0 Å². The summed E-state index contributed by atoms with van der Waals surface area (Å²) < 4.78 is 38.1. The van der Waals surface area contributed by atoms with Crippen molar-refractivity contribution in [3.8, 4) is 11.8 Å². The van der Waals surface area contributed by atoms with E-state index in [-0.39, 0.29) is 0 Å². The highest BCUT2D eigenvalue weighted by atomic mass is 19.4. The van der Waals surface area contributed by atoms with Crippen LogP contribution >= 0.6 is 0 Å². The van der Waals surface area contributed by atoms with Crippen LogP contribution in [-0.4, -0.2) is 0 Å². The summed E-state index contributed by atoms with van der Waals surface area (Å²) in [6.45, 7) is 2.28. The van der Waals surface area contributed by atoms with Crippen LogP contribution in [0.5, 0.6) is 0 Å². The van der Waals surface area contributed by atoms with Crippen molar-refractivity contribution in [1.29, 1.82) is 0 Å². The molecule has 0 atom stereocenters. The van der Waals surface area contributed by atoms with E-state index in [1.165, 1.54) is 50.7 Å². The van der Waals surface area contributed by atoms with Gasteiger partial charge < -0.3 is 0 Å². The van der Waals surface area contributed by atoms with E-state index in [9.17, 15) is 13.2 Å². The molecule has 0 saturated heterocycles. The Morgan fingerprint density at radius 3 is 2.17 bits per heavy atom. The molecule has 2 aliphatic carbocycles. The topological polar surface area (TPSA) is 0 Å². The Morgan fingerprint density at radius 2 is 1.59 bits per heavy atom. The molecule has 0 unspecified atom stereocenters. The first-order valence-corrected chi connectivity index (χ1v) is 11.3. The second-order valence-corrected chi connectivity index (χ2v) is 8.89. The third kappa shape index (κ3) is 6.66. The molecule has 2 aliphatic rings. The highest BCUT2D eigenvalue weighted by Gasteiger charge is 2.30. The van der Waals surface area contributed by atoms with Gasteiger partial charge in [-0.2, -0.15) is 13.2 Å². The standard InChI is InChI=1S/C26H33F3/c1-2-5-20-8-10-21(11-9-20)6-3-4-7-22-12-14-23(15-13-22)24-16-18-25(19-17-24)26(27,28)29/h3,6,16-23H,2,5,8-15H2,1H3/t20-,21-,22-,23-. The minimum absolute atomic E-state index is 0.365. The van der Waals surface area contributed by atoms with E-state index < -0.39 is 11.7 Å². The van der Waals surface area contributed by atoms with Crippen LogP contribution in [0.4, 0.5) is 13.2 Å². The minimum Gasteiger partial charge on any atom is -0.166 e. The summed E-state index contributed by atoms with van der Waals surface area (Å²) in [4.78, 5) is 0. The van der Waals surface area contributed by atoms with Crippen LogP contribution in [0.3, 0.4) is 0 Å². The Bertz CT molecular complexity index is 701. The van der Waals surface area contributed by atoms with Crippen molar-refractivity contribution in [2.45, 2.75) is 83.2 Å². The monoisotopic (exact) mass is 402 g/mol. The van der Waals surface area contributed by atoms with Crippen molar-refractivity contribution >= 4 is 0 Å². The molecule has 0 heterocycles. The van der Waals surface area contributed by atoms with Gasteiger partial charge in [-0.1, -0.05) is 49.8 Å². The second kappa shape index (κ2) is 10.4. The number of benzene rings is 1. The molecular weight excluding hydrogens is 369 g/mol. The number of rotatable bonds is 4. The predicted molar refractivity (Wildman–Crippen MR) is 113 cm³/mol. The molecule has 2 saturated carbocycles. The molecule has 0 nitrogen and oxygen atoms in total. The van der Waals surface area contributed by atoms with Gasteiger partial charge in [-0.05, 0) is 92.9 Å². The Labute approximate surface area is 174 Å². The largest absolute Gasteiger partial charge is 0.416 e. The lowest BCUT2D eigenvalue weighted by atomic mass is 9.79. The van der Waals surface area contributed by atoms with Crippen LogP contribution in [0.1, 0.15) is 88.2 Å². The van der Waals surface area contributed by atoms with Crippen LogP contribution in [-0.2, 0) is 6.18 Å². The zero-order valence-corrected chi connectivity index (χ0v) is 17.5. The maximum atomic E-state index is 12.7. The first kappa shape index (κ1) is 22.0. The minimum atomic E-state index is -4.26. The molecule has 158 valence electrons. The quantitative estimate of drug-likeness (QED) is 0.446. The third-order valence-corrected chi connectivity index (χ3v) is 6.76. The van der Waals surface area contributed by atoms with Crippen LogP contribution in [0.2, 0.25) is 0 Å². The lowest BCUT2D eigenvalue weighted by Gasteiger charge is -2.26. The summed E-state index contributed by atoms with van der Waals surface area (Å²) in [6.07, 6.45) is 12.2. The molecule has 2 fully saturated rings. The fraction of sp³-hybridized carbons (Fsp3) is 0.615. The summed E-state index contributed by atoms with van der Waals surface area (Å²) >= 11 is 0. The van der Waals surface area contributed by atoms with Crippen LogP contribution < -0.4 is 0 Å². The van der Waals surface area contributed by atoms with E-state index in [4.69, 9.17) is 0 Å². The fourth-order valence-corrected chi connectivity index (χ4v) is 4.94. The van der Waals surface area contributed by atoms with Crippen molar-refractivity contribution in [2.24, 2.45) is 17.8 Å². The molecule has 0 aliphatic heterocycles. The van der Waals surface area contributed by atoms with Gasteiger partial charge in [0.15, 0.2) is 0 Å². The molecule has 0 spiro atoms. The number of halogens is 3. The first-order valence-electron chi connectivity index (χ1n) is 11.3. The molecule has 29 heavy (non-hydrogen) atoms. The highest BCUT2D eigenvalue weighted by Crippen LogP contribution is 2.37. The molecule has 1 aromatic carbocycles. The third-order valence-electron chi connectivity index (χ3n) is 6.76. The van der Waals surface area contributed by atoms with Crippen molar-refractivity contribution in [3.63, 3.8) is 0 Å². The smallest absolute Gasteiger partial charge is 0.166 e. The Morgan fingerprint density at radius 1 is 0.931 bits per heavy atom. The summed E-state index contributed by atoms with van der Waals surface area (Å²) in [7, 11) is 0. The molecule has 3 rings (SSSR count). The number of hydrogen-bond donors (Lipinski definition) is 0. The average molecular weight is 403 g/mol. The van der Waals surface area contributed by atoms with Gasteiger partial charge in [0, 0.05) is 5.92 Å². The van der Waals surface area contributed by atoms with Crippen molar-refractivity contribution in [2.75, 3.05) is 0 Å². The average Bonchev–Trinajstić information content (AvgIpc) is 2.72. The molecule has 0 aromatic heterocycles. The van der Waals surface area contributed by atoms with Gasteiger partial charge in [0.2, 0.25) is 0 Å². The number of hydrogen-bond acceptors (Lipinski definition) is 0. The molecule has 0 N–H and O–H groups in total. The fourth-order valence-electron chi connectivity index (χ4n) is 4.94. The van der Waals surface area contributed by atoms with E-state index in [2.05, 4.69) is 30.9 Å². The lowest BCUT2D eigenvalue weighted by Crippen LogP contribution is -2.13.